The van der Waals surface area contributed by atoms with Crippen molar-refractivity contribution in [3.63, 3.8) is 0 Å². The number of hydrogen-bond donors (Lipinski definition) is 0. The minimum Gasteiger partial charge on any atom is -0.536 e. The molecule has 3 aliphatic rings. The highest BCUT2D eigenvalue weighted by molar-refractivity contribution is 6.77. The third-order valence-electron chi connectivity index (χ3n) is 6.92. The standard InChI is InChI=1S/C24H23B2NO3/c1-23(2)24(3,4)30-26(29-23)16-13-14-21-22(15-16)28-25-19-11-7-5-9-17(19)18-10-6-8-12-20(18)27(21)25/h5-15H,1-4H3. The Morgan fingerprint density at radius 1 is 0.733 bits per heavy atom. The first-order valence-corrected chi connectivity index (χ1v) is 10.5. The van der Waals surface area contributed by atoms with E-state index in [0.717, 1.165) is 16.9 Å². The fourth-order valence-electron chi connectivity index (χ4n) is 4.58. The Bertz CT molecular complexity index is 1160. The zero-order chi connectivity index (χ0) is 20.7. The van der Waals surface area contributed by atoms with E-state index in [9.17, 15) is 0 Å². The Morgan fingerprint density at radius 2 is 1.40 bits per heavy atom. The predicted octanol–water partition coefficient (Wildman–Crippen LogP) is 3.89. The monoisotopic (exact) mass is 395 g/mol. The highest BCUT2D eigenvalue weighted by Gasteiger charge is 2.52. The third kappa shape index (κ3) is 2.38. The van der Waals surface area contributed by atoms with Crippen molar-refractivity contribution in [1.29, 1.82) is 0 Å². The van der Waals surface area contributed by atoms with Crippen molar-refractivity contribution in [1.82, 2.24) is 0 Å². The lowest BCUT2D eigenvalue weighted by atomic mass is 9.65. The molecule has 0 radical (unpaired) electrons. The number of nitrogens with zero attached hydrogens (tertiary/aromatic N) is 1. The van der Waals surface area contributed by atoms with Crippen LogP contribution in [0.15, 0.2) is 66.7 Å². The van der Waals surface area contributed by atoms with Crippen LogP contribution in [0.1, 0.15) is 27.7 Å². The van der Waals surface area contributed by atoms with Gasteiger partial charge in [-0.1, -0.05) is 48.5 Å². The highest BCUT2D eigenvalue weighted by atomic mass is 16.7. The van der Waals surface area contributed by atoms with Gasteiger partial charge in [0.1, 0.15) is 5.75 Å². The molecule has 0 unspecified atom stereocenters. The second-order valence-corrected chi connectivity index (χ2v) is 9.26. The van der Waals surface area contributed by atoms with Gasteiger partial charge in [-0.05, 0) is 62.4 Å². The Hall–Kier alpha value is -2.69. The maximum Gasteiger partial charge on any atom is 0.524 e. The summed E-state index contributed by atoms with van der Waals surface area (Å²) in [5.74, 6) is 0.860. The SMILES string of the molecule is CC1(C)OB(c2ccc3c(c2)OB2c4ccccc4-c4ccccc4N23)OC1(C)C. The number of rotatable bonds is 1. The molecule has 0 aromatic heterocycles. The first-order chi connectivity index (χ1) is 14.4. The summed E-state index contributed by atoms with van der Waals surface area (Å²) in [7, 11) is -0.569. The minimum atomic E-state index is -0.402. The summed E-state index contributed by atoms with van der Waals surface area (Å²) >= 11 is 0. The van der Waals surface area contributed by atoms with Crippen molar-refractivity contribution in [3.8, 4) is 16.9 Å². The van der Waals surface area contributed by atoms with Crippen molar-refractivity contribution in [3.05, 3.63) is 66.7 Å². The van der Waals surface area contributed by atoms with Crippen LogP contribution in [0.25, 0.3) is 11.1 Å². The molecule has 3 aromatic carbocycles. The quantitative estimate of drug-likeness (QED) is 0.586. The van der Waals surface area contributed by atoms with E-state index in [-0.39, 0.29) is 18.3 Å². The van der Waals surface area contributed by atoms with Gasteiger partial charge in [0, 0.05) is 11.3 Å². The molecule has 0 saturated carbocycles. The fraction of sp³-hybridized carbons (Fsp3) is 0.250. The first-order valence-electron chi connectivity index (χ1n) is 10.5. The fourth-order valence-corrected chi connectivity index (χ4v) is 4.58. The van der Waals surface area contributed by atoms with Crippen LogP contribution in [-0.4, -0.2) is 25.4 Å². The highest BCUT2D eigenvalue weighted by Crippen LogP contribution is 2.47. The van der Waals surface area contributed by atoms with E-state index in [4.69, 9.17) is 14.0 Å². The van der Waals surface area contributed by atoms with Gasteiger partial charge in [-0.2, -0.15) is 0 Å². The first kappa shape index (κ1) is 18.1. The van der Waals surface area contributed by atoms with Gasteiger partial charge < -0.3 is 18.8 Å². The smallest absolute Gasteiger partial charge is 0.524 e. The van der Waals surface area contributed by atoms with Crippen molar-refractivity contribution >= 4 is 36.5 Å². The molecule has 0 atom stereocenters. The Morgan fingerprint density at radius 3 is 2.17 bits per heavy atom. The van der Waals surface area contributed by atoms with Gasteiger partial charge in [-0.25, -0.2) is 0 Å². The number of benzene rings is 3. The van der Waals surface area contributed by atoms with Gasteiger partial charge in [0.2, 0.25) is 0 Å². The molecule has 1 saturated heterocycles. The Labute approximate surface area is 178 Å². The molecule has 3 aromatic rings. The van der Waals surface area contributed by atoms with E-state index in [0.29, 0.717) is 0 Å². The third-order valence-corrected chi connectivity index (χ3v) is 6.92. The maximum atomic E-state index is 6.51. The van der Waals surface area contributed by atoms with E-state index in [1.807, 2.05) is 0 Å². The number of para-hydroxylation sites is 1. The summed E-state index contributed by atoms with van der Waals surface area (Å²) in [5.41, 5.74) is 6.13. The minimum absolute atomic E-state index is 0.167. The zero-order valence-corrected chi connectivity index (χ0v) is 17.7. The molecule has 3 heterocycles. The van der Waals surface area contributed by atoms with Gasteiger partial charge in [0.15, 0.2) is 0 Å². The topological polar surface area (TPSA) is 30.9 Å². The van der Waals surface area contributed by atoms with E-state index < -0.39 is 7.12 Å². The summed E-state index contributed by atoms with van der Waals surface area (Å²) in [6.45, 7) is 8.30. The van der Waals surface area contributed by atoms with Crippen LogP contribution < -0.4 is 20.4 Å². The van der Waals surface area contributed by atoms with E-state index >= 15 is 0 Å². The Balaban J connectivity index is 1.44. The predicted molar refractivity (Wildman–Crippen MR) is 122 cm³/mol. The number of hydrogen-bond acceptors (Lipinski definition) is 4. The number of anilines is 2. The molecule has 6 rings (SSSR count). The molecule has 0 bridgehead atoms. The van der Waals surface area contributed by atoms with Crippen LogP contribution in [0, 0.1) is 0 Å². The van der Waals surface area contributed by atoms with Gasteiger partial charge in [0.05, 0.1) is 16.9 Å². The molecule has 0 spiro atoms. The summed E-state index contributed by atoms with van der Waals surface area (Å²) in [4.78, 5) is 2.29. The largest absolute Gasteiger partial charge is 0.536 e. The lowest BCUT2D eigenvalue weighted by Crippen LogP contribution is -2.50. The van der Waals surface area contributed by atoms with Gasteiger partial charge in [-0.3, -0.25) is 0 Å². The molecule has 30 heavy (non-hydrogen) atoms. The van der Waals surface area contributed by atoms with Crippen LogP contribution in [0.5, 0.6) is 5.75 Å². The van der Waals surface area contributed by atoms with Crippen LogP contribution in [0.2, 0.25) is 0 Å². The van der Waals surface area contributed by atoms with E-state index in [2.05, 4.69) is 99.2 Å². The van der Waals surface area contributed by atoms with Gasteiger partial charge in [-0.15, -0.1) is 0 Å². The molecule has 0 N–H and O–H groups in total. The molecule has 0 amide bonds. The molecule has 3 aliphatic heterocycles. The van der Waals surface area contributed by atoms with Crippen molar-refractivity contribution < 1.29 is 14.0 Å². The average Bonchev–Trinajstić information content (AvgIpc) is 3.22. The lowest BCUT2D eigenvalue weighted by molar-refractivity contribution is 0.00578. The number of fused-ring (bicyclic) bond motifs is 8. The summed E-state index contributed by atoms with van der Waals surface area (Å²) in [5, 5.41) is 0. The molecule has 1 fully saturated rings. The second-order valence-electron chi connectivity index (χ2n) is 9.26. The molecular formula is C24H23B2NO3. The maximum absolute atomic E-state index is 6.51. The lowest BCUT2D eigenvalue weighted by Gasteiger charge is -2.32. The van der Waals surface area contributed by atoms with Crippen molar-refractivity contribution in [2.24, 2.45) is 0 Å². The van der Waals surface area contributed by atoms with Gasteiger partial charge >= 0.3 is 14.2 Å². The van der Waals surface area contributed by atoms with E-state index in [1.165, 1.54) is 22.3 Å². The summed E-state index contributed by atoms with van der Waals surface area (Å²) in [6, 6.07) is 23.3. The van der Waals surface area contributed by atoms with Crippen molar-refractivity contribution in [2.45, 2.75) is 38.9 Å². The molecule has 0 aliphatic carbocycles. The Kier molecular flexibility index (Phi) is 3.58. The van der Waals surface area contributed by atoms with Crippen molar-refractivity contribution in [2.75, 3.05) is 4.81 Å². The molecular weight excluding hydrogens is 372 g/mol. The summed E-state index contributed by atoms with van der Waals surface area (Å²) < 4.78 is 19.0. The van der Waals surface area contributed by atoms with Crippen LogP contribution >= 0.6 is 0 Å². The average molecular weight is 395 g/mol. The molecule has 6 heteroatoms. The molecule has 148 valence electrons. The van der Waals surface area contributed by atoms with Crippen LogP contribution in [0.3, 0.4) is 0 Å². The zero-order valence-electron chi connectivity index (χ0n) is 17.7. The normalized spacial score (nSPS) is 19.7. The van der Waals surface area contributed by atoms with Crippen LogP contribution in [0.4, 0.5) is 11.4 Å². The van der Waals surface area contributed by atoms with Gasteiger partial charge in [0.25, 0.3) is 0 Å². The van der Waals surface area contributed by atoms with E-state index in [1.54, 1.807) is 0 Å². The molecule has 4 nitrogen and oxygen atoms in total. The van der Waals surface area contributed by atoms with Crippen LogP contribution in [-0.2, 0) is 9.31 Å². The summed E-state index contributed by atoms with van der Waals surface area (Å²) in [6.07, 6.45) is 0. The second kappa shape index (κ2) is 5.93.